The van der Waals surface area contributed by atoms with Crippen molar-refractivity contribution in [1.82, 2.24) is 5.32 Å². The van der Waals surface area contributed by atoms with Crippen LogP contribution in [0.4, 0.5) is 0 Å². The van der Waals surface area contributed by atoms with Gasteiger partial charge in [0.1, 0.15) is 0 Å². The number of hydrogen-bond donors (Lipinski definition) is 1. The van der Waals surface area contributed by atoms with E-state index in [4.69, 9.17) is 4.74 Å². The van der Waals surface area contributed by atoms with Crippen LogP contribution < -0.4 is 5.32 Å². The van der Waals surface area contributed by atoms with Crippen LogP contribution in [0.5, 0.6) is 0 Å². The summed E-state index contributed by atoms with van der Waals surface area (Å²) in [6.45, 7) is 4.41. The third-order valence-corrected chi connectivity index (χ3v) is 4.28. The molecule has 2 heteroatoms. The van der Waals surface area contributed by atoms with Gasteiger partial charge >= 0.3 is 0 Å². The van der Waals surface area contributed by atoms with Crippen LogP contribution in [-0.4, -0.2) is 25.3 Å². The van der Waals surface area contributed by atoms with Crippen LogP contribution in [0, 0.1) is 5.92 Å². The second-order valence-corrected chi connectivity index (χ2v) is 5.52. The van der Waals surface area contributed by atoms with Gasteiger partial charge in [0.25, 0.3) is 0 Å². The summed E-state index contributed by atoms with van der Waals surface area (Å²) in [6.07, 6.45) is 11.4. The monoisotopic (exact) mass is 225 g/mol. The van der Waals surface area contributed by atoms with Crippen LogP contribution in [0.15, 0.2) is 0 Å². The fourth-order valence-electron chi connectivity index (χ4n) is 3.14. The molecule has 2 fully saturated rings. The van der Waals surface area contributed by atoms with E-state index < -0.39 is 0 Å². The van der Waals surface area contributed by atoms with E-state index in [1.807, 2.05) is 0 Å². The summed E-state index contributed by atoms with van der Waals surface area (Å²) >= 11 is 0. The molecule has 0 radical (unpaired) electrons. The third-order valence-electron chi connectivity index (χ3n) is 4.28. The summed E-state index contributed by atoms with van der Waals surface area (Å²) in [7, 11) is 0. The molecule has 0 aromatic carbocycles. The van der Waals surface area contributed by atoms with Crippen molar-refractivity contribution in [3.8, 4) is 0 Å². The van der Waals surface area contributed by atoms with Gasteiger partial charge in [-0.2, -0.15) is 0 Å². The van der Waals surface area contributed by atoms with Gasteiger partial charge in [0.05, 0.1) is 6.10 Å². The summed E-state index contributed by atoms with van der Waals surface area (Å²) < 4.78 is 5.70. The molecule has 0 amide bonds. The Balaban J connectivity index is 1.58. The number of hydrogen-bond acceptors (Lipinski definition) is 2. The first-order valence-electron chi connectivity index (χ1n) is 7.23. The lowest BCUT2D eigenvalue weighted by Gasteiger charge is -2.30. The molecule has 0 aromatic rings. The summed E-state index contributed by atoms with van der Waals surface area (Å²) in [5.74, 6) is 1.02. The van der Waals surface area contributed by atoms with Crippen molar-refractivity contribution in [2.45, 2.75) is 70.4 Å². The Morgan fingerprint density at radius 2 is 2.00 bits per heavy atom. The first kappa shape index (κ1) is 12.4. The van der Waals surface area contributed by atoms with Crippen LogP contribution in [0.2, 0.25) is 0 Å². The van der Waals surface area contributed by atoms with Gasteiger partial charge in [-0.25, -0.2) is 0 Å². The minimum Gasteiger partial charge on any atom is -0.378 e. The lowest BCUT2D eigenvalue weighted by Crippen LogP contribution is -2.39. The Kier molecular flexibility index (Phi) is 5.11. The minimum atomic E-state index is 0.512. The van der Waals surface area contributed by atoms with Crippen molar-refractivity contribution in [2.75, 3.05) is 13.2 Å². The molecule has 0 spiro atoms. The SMILES string of the molecule is CCC1CC(NCCC2CCCC2)CCO1. The molecule has 2 nitrogen and oxygen atoms in total. The van der Waals surface area contributed by atoms with Crippen molar-refractivity contribution in [3.63, 3.8) is 0 Å². The molecule has 1 aliphatic heterocycles. The second kappa shape index (κ2) is 6.61. The third kappa shape index (κ3) is 3.74. The lowest BCUT2D eigenvalue weighted by molar-refractivity contribution is -0.000134. The number of ether oxygens (including phenoxy) is 1. The molecule has 1 heterocycles. The molecule has 1 N–H and O–H groups in total. The Bertz CT molecular complexity index is 189. The van der Waals surface area contributed by atoms with E-state index >= 15 is 0 Å². The molecular formula is C14H27NO. The molecule has 1 saturated carbocycles. The van der Waals surface area contributed by atoms with Crippen LogP contribution >= 0.6 is 0 Å². The lowest BCUT2D eigenvalue weighted by atomic mass is 10.00. The first-order valence-corrected chi connectivity index (χ1v) is 7.23. The van der Waals surface area contributed by atoms with Crippen molar-refractivity contribution >= 4 is 0 Å². The van der Waals surface area contributed by atoms with E-state index in [9.17, 15) is 0 Å². The zero-order valence-corrected chi connectivity index (χ0v) is 10.7. The van der Waals surface area contributed by atoms with Gasteiger partial charge in [0.2, 0.25) is 0 Å². The Morgan fingerprint density at radius 3 is 2.75 bits per heavy atom. The Labute approximate surface area is 100 Å². The summed E-state index contributed by atoms with van der Waals surface area (Å²) in [5, 5.41) is 3.73. The van der Waals surface area contributed by atoms with Crippen molar-refractivity contribution < 1.29 is 4.74 Å². The minimum absolute atomic E-state index is 0.512. The van der Waals surface area contributed by atoms with Crippen LogP contribution in [0.25, 0.3) is 0 Å². The van der Waals surface area contributed by atoms with E-state index in [0.717, 1.165) is 18.6 Å². The standard InChI is InChI=1S/C14H27NO/c1-2-14-11-13(8-10-16-14)15-9-7-12-5-3-4-6-12/h12-15H,2-11H2,1H3. The normalized spacial score (nSPS) is 32.1. The maximum absolute atomic E-state index is 5.70. The van der Waals surface area contributed by atoms with Gasteiger partial charge in [0.15, 0.2) is 0 Å². The highest BCUT2D eigenvalue weighted by Crippen LogP contribution is 2.27. The smallest absolute Gasteiger partial charge is 0.0587 e. The second-order valence-electron chi connectivity index (χ2n) is 5.52. The zero-order chi connectivity index (χ0) is 11.2. The predicted octanol–water partition coefficient (Wildman–Crippen LogP) is 3.11. The van der Waals surface area contributed by atoms with Gasteiger partial charge < -0.3 is 10.1 Å². The highest BCUT2D eigenvalue weighted by molar-refractivity contribution is 4.77. The molecule has 16 heavy (non-hydrogen) atoms. The first-order chi connectivity index (χ1) is 7.88. The molecule has 2 rings (SSSR count). The topological polar surface area (TPSA) is 21.3 Å². The quantitative estimate of drug-likeness (QED) is 0.776. The maximum Gasteiger partial charge on any atom is 0.0587 e. The zero-order valence-electron chi connectivity index (χ0n) is 10.7. The average Bonchev–Trinajstić information content (AvgIpc) is 2.82. The highest BCUT2D eigenvalue weighted by atomic mass is 16.5. The van der Waals surface area contributed by atoms with Crippen molar-refractivity contribution in [2.24, 2.45) is 5.92 Å². The fourth-order valence-corrected chi connectivity index (χ4v) is 3.14. The van der Waals surface area contributed by atoms with Gasteiger partial charge in [-0.1, -0.05) is 32.6 Å². The average molecular weight is 225 g/mol. The van der Waals surface area contributed by atoms with Crippen LogP contribution in [0.1, 0.15) is 58.3 Å². The molecule has 2 atom stereocenters. The van der Waals surface area contributed by atoms with E-state index in [1.165, 1.54) is 57.9 Å². The molecule has 94 valence electrons. The summed E-state index contributed by atoms with van der Waals surface area (Å²) in [4.78, 5) is 0. The molecule has 1 aliphatic carbocycles. The summed E-state index contributed by atoms with van der Waals surface area (Å²) in [5.41, 5.74) is 0. The Morgan fingerprint density at radius 1 is 1.19 bits per heavy atom. The maximum atomic E-state index is 5.70. The molecule has 0 bridgehead atoms. The van der Waals surface area contributed by atoms with Crippen molar-refractivity contribution in [1.29, 1.82) is 0 Å². The van der Waals surface area contributed by atoms with Crippen LogP contribution in [-0.2, 0) is 4.74 Å². The fraction of sp³-hybridized carbons (Fsp3) is 1.00. The van der Waals surface area contributed by atoms with Gasteiger partial charge in [0, 0.05) is 12.6 Å². The predicted molar refractivity (Wildman–Crippen MR) is 67.6 cm³/mol. The van der Waals surface area contributed by atoms with Gasteiger partial charge in [-0.15, -0.1) is 0 Å². The number of nitrogens with one attached hydrogen (secondary N) is 1. The van der Waals surface area contributed by atoms with E-state index in [1.54, 1.807) is 0 Å². The van der Waals surface area contributed by atoms with E-state index in [-0.39, 0.29) is 0 Å². The van der Waals surface area contributed by atoms with Gasteiger partial charge in [-0.05, 0) is 38.1 Å². The molecule has 2 unspecified atom stereocenters. The number of rotatable bonds is 5. The largest absolute Gasteiger partial charge is 0.378 e. The molecule has 0 aromatic heterocycles. The van der Waals surface area contributed by atoms with E-state index in [0.29, 0.717) is 6.10 Å². The van der Waals surface area contributed by atoms with Crippen LogP contribution in [0.3, 0.4) is 0 Å². The molecule has 1 saturated heterocycles. The van der Waals surface area contributed by atoms with E-state index in [2.05, 4.69) is 12.2 Å². The molecule has 2 aliphatic rings. The Hall–Kier alpha value is -0.0800. The molecular weight excluding hydrogens is 198 g/mol. The van der Waals surface area contributed by atoms with Crippen molar-refractivity contribution in [3.05, 3.63) is 0 Å². The van der Waals surface area contributed by atoms with Gasteiger partial charge in [-0.3, -0.25) is 0 Å². The highest BCUT2D eigenvalue weighted by Gasteiger charge is 2.21. The summed E-state index contributed by atoms with van der Waals surface area (Å²) in [6, 6.07) is 0.722.